The molecular weight excluding hydrogens is 338 g/mol. The third-order valence-corrected chi connectivity index (χ3v) is 6.23. The molecule has 0 spiro atoms. The second kappa shape index (κ2) is 7.63. The zero-order chi connectivity index (χ0) is 18.9. The van der Waals surface area contributed by atoms with Crippen molar-refractivity contribution in [2.75, 3.05) is 26.7 Å². The molecule has 2 aromatic rings. The lowest BCUT2D eigenvalue weighted by Gasteiger charge is -2.39. The Morgan fingerprint density at radius 3 is 2.59 bits per heavy atom. The average Bonchev–Trinajstić information content (AvgIpc) is 3.17. The number of ether oxygens (including phenoxy) is 1. The van der Waals surface area contributed by atoms with E-state index in [1.54, 1.807) is 7.11 Å². The number of piperidine rings is 1. The van der Waals surface area contributed by atoms with Crippen molar-refractivity contribution in [2.45, 2.75) is 43.8 Å². The lowest BCUT2D eigenvalue weighted by molar-refractivity contribution is -0.0358. The molecule has 0 radical (unpaired) electrons. The summed E-state index contributed by atoms with van der Waals surface area (Å²) in [4.78, 5) is 2.25. The molecule has 0 amide bonds. The van der Waals surface area contributed by atoms with Gasteiger partial charge >= 0.3 is 0 Å². The van der Waals surface area contributed by atoms with Gasteiger partial charge in [-0.2, -0.15) is 0 Å². The molecule has 4 heteroatoms. The first-order valence-corrected chi connectivity index (χ1v) is 9.97. The second-order valence-electron chi connectivity index (χ2n) is 7.93. The van der Waals surface area contributed by atoms with Crippen molar-refractivity contribution in [2.24, 2.45) is 0 Å². The molecule has 0 bridgehead atoms. The van der Waals surface area contributed by atoms with Crippen molar-refractivity contribution in [3.05, 3.63) is 64.7 Å². The van der Waals surface area contributed by atoms with E-state index in [4.69, 9.17) is 4.74 Å². The number of hydrogen-bond acceptors (Lipinski definition) is 4. The number of aryl methyl sites for hydroxylation is 2. The molecule has 2 aliphatic rings. The lowest BCUT2D eigenvalue weighted by Crippen LogP contribution is -2.44. The topological polar surface area (TPSA) is 52.9 Å². The molecule has 1 heterocycles. The smallest absolute Gasteiger partial charge is 0.124 e. The number of benzene rings is 2. The Morgan fingerprint density at radius 1 is 1.07 bits per heavy atom. The maximum atomic E-state index is 11.2. The van der Waals surface area contributed by atoms with Gasteiger partial charge in [-0.3, -0.25) is 0 Å². The predicted molar refractivity (Wildman–Crippen MR) is 106 cm³/mol. The Morgan fingerprint density at radius 2 is 1.81 bits per heavy atom. The zero-order valence-corrected chi connectivity index (χ0v) is 16.0. The van der Waals surface area contributed by atoms with E-state index in [0.717, 1.165) is 36.4 Å². The number of para-hydroxylation sites is 1. The predicted octanol–water partition coefficient (Wildman–Crippen LogP) is 3.20. The van der Waals surface area contributed by atoms with Gasteiger partial charge in [0, 0.05) is 25.2 Å². The summed E-state index contributed by atoms with van der Waals surface area (Å²) in [5, 5.41) is 21.9. The normalized spacial score (nSPS) is 20.3. The number of likely N-dealkylation sites (tertiary alicyclic amines) is 1. The molecule has 1 atom stereocenters. The molecule has 1 aliphatic heterocycles. The Kier molecular flexibility index (Phi) is 5.22. The summed E-state index contributed by atoms with van der Waals surface area (Å²) in [6.45, 7) is 2.13. The van der Waals surface area contributed by atoms with E-state index in [1.807, 2.05) is 24.3 Å². The molecule has 0 aromatic heterocycles. The van der Waals surface area contributed by atoms with Gasteiger partial charge in [0.25, 0.3) is 0 Å². The van der Waals surface area contributed by atoms with Gasteiger partial charge in [0.05, 0.1) is 18.8 Å². The minimum Gasteiger partial charge on any atom is -0.496 e. The highest BCUT2D eigenvalue weighted by atomic mass is 16.5. The summed E-state index contributed by atoms with van der Waals surface area (Å²) < 4.78 is 5.44. The molecule has 27 heavy (non-hydrogen) atoms. The molecular formula is C23H29NO3. The third kappa shape index (κ3) is 3.75. The molecule has 4 rings (SSSR count). The Bertz CT molecular complexity index is 796. The highest BCUT2D eigenvalue weighted by Crippen LogP contribution is 2.38. The quantitative estimate of drug-likeness (QED) is 0.852. The fourth-order valence-corrected chi connectivity index (χ4v) is 4.55. The molecule has 1 aliphatic carbocycles. The average molecular weight is 367 g/mol. The van der Waals surface area contributed by atoms with Crippen LogP contribution in [0.3, 0.4) is 0 Å². The summed E-state index contributed by atoms with van der Waals surface area (Å²) in [6, 6.07) is 14.2. The number of aliphatic hydroxyl groups is 2. The standard InChI is InChI=1S/C23H29NO3/c1-27-22-8-3-2-7-20(22)23(26)11-13-24(14-12-23)16-21(25)19-10-9-17-5-4-6-18(17)15-19/h2-3,7-10,15,21,25-26H,4-6,11-14,16H2,1H3. The van der Waals surface area contributed by atoms with Crippen LogP contribution in [-0.2, 0) is 18.4 Å². The van der Waals surface area contributed by atoms with E-state index in [2.05, 4.69) is 23.1 Å². The van der Waals surface area contributed by atoms with Crippen LogP contribution in [0.15, 0.2) is 42.5 Å². The highest BCUT2D eigenvalue weighted by Gasteiger charge is 2.36. The monoisotopic (exact) mass is 367 g/mol. The Balaban J connectivity index is 1.39. The van der Waals surface area contributed by atoms with Gasteiger partial charge in [0.1, 0.15) is 5.75 Å². The highest BCUT2D eigenvalue weighted by molar-refractivity contribution is 5.38. The third-order valence-electron chi connectivity index (χ3n) is 6.23. The van der Waals surface area contributed by atoms with Crippen molar-refractivity contribution in [1.29, 1.82) is 0 Å². The first-order valence-electron chi connectivity index (χ1n) is 9.97. The summed E-state index contributed by atoms with van der Waals surface area (Å²) in [5.74, 6) is 0.742. The van der Waals surface area contributed by atoms with Crippen molar-refractivity contribution in [3.63, 3.8) is 0 Å². The van der Waals surface area contributed by atoms with Crippen LogP contribution >= 0.6 is 0 Å². The number of nitrogens with zero attached hydrogens (tertiary/aromatic N) is 1. The largest absolute Gasteiger partial charge is 0.496 e. The number of hydrogen-bond donors (Lipinski definition) is 2. The van der Waals surface area contributed by atoms with Crippen LogP contribution in [0.5, 0.6) is 5.75 Å². The van der Waals surface area contributed by atoms with Crippen LogP contribution in [0.4, 0.5) is 0 Å². The van der Waals surface area contributed by atoms with Crippen molar-refractivity contribution >= 4 is 0 Å². The zero-order valence-electron chi connectivity index (χ0n) is 16.0. The molecule has 4 nitrogen and oxygen atoms in total. The molecule has 2 aromatic carbocycles. The second-order valence-corrected chi connectivity index (χ2v) is 7.93. The lowest BCUT2D eigenvalue weighted by atomic mass is 9.83. The van der Waals surface area contributed by atoms with Crippen molar-refractivity contribution in [1.82, 2.24) is 4.90 Å². The van der Waals surface area contributed by atoms with E-state index >= 15 is 0 Å². The van der Waals surface area contributed by atoms with Crippen LogP contribution in [0.2, 0.25) is 0 Å². The Labute approximate surface area is 161 Å². The van der Waals surface area contributed by atoms with Gasteiger partial charge in [0.2, 0.25) is 0 Å². The van der Waals surface area contributed by atoms with Gasteiger partial charge in [-0.15, -0.1) is 0 Å². The van der Waals surface area contributed by atoms with E-state index < -0.39 is 11.7 Å². The van der Waals surface area contributed by atoms with Gasteiger partial charge in [0.15, 0.2) is 0 Å². The maximum absolute atomic E-state index is 11.2. The van der Waals surface area contributed by atoms with Crippen LogP contribution in [0.25, 0.3) is 0 Å². The fourth-order valence-electron chi connectivity index (χ4n) is 4.55. The molecule has 1 fully saturated rings. The van der Waals surface area contributed by atoms with E-state index in [9.17, 15) is 10.2 Å². The maximum Gasteiger partial charge on any atom is 0.124 e. The first-order chi connectivity index (χ1) is 13.1. The summed E-state index contributed by atoms with van der Waals surface area (Å²) in [6.07, 6.45) is 4.33. The van der Waals surface area contributed by atoms with Crippen LogP contribution in [0.1, 0.15) is 47.6 Å². The number of fused-ring (bicyclic) bond motifs is 1. The van der Waals surface area contributed by atoms with Gasteiger partial charge in [-0.25, -0.2) is 0 Å². The van der Waals surface area contributed by atoms with Gasteiger partial charge in [-0.1, -0.05) is 36.4 Å². The summed E-state index contributed by atoms with van der Waals surface area (Å²) in [7, 11) is 1.64. The number of rotatable bonds is 5. The van der Waals surface area contributed by atoms with E-state index in [0.29, 0.717) is 19.4 Å². The van der Waals surface area contributed by atoms with E-state index in [1.165, 1.54) is 24.0 Å². The van der Waals surface area contributed by atoms with Crippen molar-refractivity contribution < 1.29 is 14.9 Å². The van der Waals surface area contributed by atoms with Gasteiger partial charge < -0.3 is 19.8 Å². The molecule has 2 N–H and O–H groups in total. The van der Waals surface area contributed by atoms with Crippen LogP contribution in [0, 0.1) is 0 Å². The Hall–Kier alpha value is -1.88. The van der Waals surface area contributed by atoms with Gasteiger partial charge in [-0.05, 0) is 54.9 Å². The fraction of sp³-hybridized carbons (Fsp3) is 0.478. The van der Waals surface area contributed by atoms with Crippen LogP contribution in [-0.4, -0.2) is 41.9 Å². The number of β-amino-alcohol motifs (C(OH)–C–C–N with tert-alkyl or cyclic N) is 1. The minimum absolute atomic E-state index is 0.478. The SMILES string of the molecule is COc1ccccc1C1(O)CCN(CC(O)c2ccc3c(c2)CCC3)CC1. The van der Waals surface area contributed by atoms with E-state index in [-0.39, 0.29) is 0 Å². The first kappa shape index (κ1) is 18.5. The molecule has 144 valence electrons. The molecule has 1 saturated heterocycles. The number of aliphatic hydroxyl groups excluding tert-OH is 1. The molecule has 0 saturated carbocycles. The van der Waals surface area contributed by atoms with Crippen LogP contribution < -0.4 is 4.74 Å². The molecule has 1 unspecified atom stereocenters. The summed E-state index contributed by atoms with van der Waals surface area (Å²) >= 11 is 0. The van der Waals surface area contributed by atoms with Crippen molar-refractivity contribution in [3.8, 4) is 5.75 Å². The number of methoxy groups -OCH3 is 1. The summed E-state index contributed by atoms with van der Waals surface area (Å²) in [5.41, 5.74) is 3.86. The minimum atomic E-state index is -0.859.